The van der Waals surface area contributed by atoms with Crippen molar-refractivity contribution in [2.24, 2.45) is 0 Å². The first-order valence-electron chi connectivity index (χ1n) is 12.4. The fraction of sp³-hybridized carbons (Fsp3) is 0.250. The Morgan fingerprint density at radius 1 is 1.08 bits per heavy atom. The molecule has 4 aromatic heterocycles. The van der Waals surface area contributed by atoms with Crippen LogP contribution in [0.1, 0.15) is 60.1 Å². The summed E-state index contributed by atoms with van der Waals surface area (Å²) in [6, 6.07) is 7.91. The highest BCUT2D eigenvalue weighted by atomic mass is 16.5. The Balaban J connectivity index is 1.35. The topological polar surface area (TPSA) is 133 Å². The molecule has 0 bridgehead atoms. The summed E-state index contributed by atoms with van der Waals surface area (Å²) in [5.41, 5.74) is 5.74. The van der Waals surface area contributed by atoms with Crippen LogP contribution in [0.25, 0.3) is 27.9 Å². The molecule has 0 aliphatic rings. The van der Waals surface area contributed by atoms with Crippen molar-refractivity contribution in [3.05, 3.63) is 84.2 Å². The van der Waals surface area contributed by atoms with Crippen LogP contribution < -0.4 is 5.32 Å². The van der Waals surface area contributed by atoms with E-state index in [0.29, 0.717) is 12.4 Å². The minimum atomic E-state index is -0.397. The van der Waals surface area contributed by atoms with Crippen LogP contribution in [0.5, 0.6) is 0 Å². The zero-order valence-electron chi connectivity index (χ0n) is 22.3. The van der Waals surface area contributed by atoms with Gasteiger partial charge < -0.3 is 9.84 Å². The summed E-state index contributed by atoms with van der Waals surface area (Å²) >= 11 is 0. The highest BCUT2D eigenvalue weighted by Gasteiger charge is 2.24. The van der Waals surface area contributed by atoms with E-state index in [1.54, 1.807) is 29.9 Å². The second-order valence-electron chi connectivity index (χ2n) is 10.2. The lowest BCUT2D eigenvalue weighted by Gasteiger charge is -2.10. The molecule has 5 aromatic rings. The van der Waals surface area contributed by atoms with Crippen LogP contribution in [-0.2, 0) is 12.0 Å². The summed E-state index contributed by atoms with van der Waals surface area (Å²) in [6.45, 7) is 9.90. The molecule has 0 aliphatic heterocycles. The standard InChI is InChI=1S/C28H28N8O3/c1-6-7-23(37)36-15-21(13-31-36)20-11-22-24(30-16-32-35(22)14-20)18-8-9-19(17(2)10-18)12-29-26(38)25-33-27(39-34-25)28(3,4)5/h6-11,13-16H,12H2,1-5H3,(H,29,38). The summed E-state index contributed by atoms with van der Waals surface area (Å²) in [5.74, 6) is -0.189. The monoisotopic (exact) mass is 524 g/mol. The Morgan fingerprint density at radius 3 is 2.62 bits per heavy atom. The third-order valence-corrected chi connectivity index (χ3v) is 6.18. The summed E-state index contributed by atoms with van der Waals surface area (Å²) in [7, 11) is 0. The molecule has 0 unspecified atom stereocenters. The highest BCUT2D eigenvalue weighted by Crippen LogP contribution is 2.29. The smallest absolute Gasteiger partial charge is 0.292 e. The molecule has 0 spiro atoms. The summed E-state index contributed by atoms with van der Waals surface area (Å²) in [6.07, 6.45) is 9.86. The van der Waals surface area contributed by atoms with Crippen LogP contribution in [0.3, 0.4) is 0 Å². The molecular weight excluding hydrogens is 496 g/mol. The molecule has 0 saturated carbocycles. The molecule has 0 radical (unpaired) electrons. The SMILES string of the molecule is CC=CC(=O)n1cc(-c2cc3c(-c4ccc(CNC(=O)c5noc(C(C)(C)C)n5)c(C)c4)ncnn3c2)cn1. The number of aryl methyl sites for hydroxylation is 1. The van der Waals surface area contributed by atoms with Crippen LogP contribution in [0.15, 0.2) is 65.9 Å². The van der Waals surface area contributed by atoms with Gasteiger partial charge in [0.1, 0.15) is 6.33 Å². The number of amides is 1. The van der Waals surface area contributed by atoms with Crippen molar-refractivity contribution < 1.29 is 14.1 Å². The molecule has 0 fully saturated rings. The van der Waals surface area contributed by atoms with E-state index in [2.05, 4.69) is 30.6 Å². The average Bonchev–Trinajstić information content (AvgIpc) is 3.66. The minimum absolute atomic E-state index is 0.0124. The van der Waals surface area contributed by atoms with Crippen LogP contribution >= 0.6 is 0 Å². The Morgan fingerprint density at radius 2 is 1.90 bits per heavy atom. The van der Waals surface area contributed by atoms with Gasteiger partial charge in [-0.15, -0.1) is 0 Å². The Labute approximate surface area is 224 Å². The molecule has 0 aliphatic carbocycles. The van der Waals surface area contributed by atoms with E-state index in [9.17, 15) is 9.59 Å². The number of hydrogen-bond acceptors (Lipinski definition) is 8. The molecule has 11 nitrogen and oxygen atoms in total. The number of hydrogen-bond donors (Lipinski definition) is 1. The molecule has 1 aromatic carbocycles. The summed E-state index contributed by atoms with van der Waals surface area (Å²) in [5, 5.41) is 15.2. The Kier molecular flexibility index (Phi) is 6.65. The van der Waals surface area contributed by atoms with Crippen molar-refractivity contribution in [3.63, 3.8) is 0 Å². The maximum absolute atomic E-state index is 12.6. The van der Waals surface area contributed by atoms with Crippen LogP contribution in [0, 0.1) is 6.92 Å². The first kappa shape index (κ1) is 25.7. The molecule has 11 heteroatoms. The van der Waals surface area contributed by atoms with E-state index in [4.69, 9.17) is 4.52 Å². The van der Waals surface area contributed by atoms with Gasteiger partial charge in [-0.2, -0.15) is 15.2 Å². The predicted molar refractivity (Wildman–Crippen MR) is 144 cm³/mol. The number of carbonyl (C=O) groups is 2. The van der Waals surface area contributed by atoms with Gasteiger partial charge >= 0.3 is 0 Å². The van der Waals surface area contributed by atoms with Crippen LogP contribution in [0.4, 0.5) is 0 Å². The van der Waals surface area contributed by atoms with Gasteiger partial charge in [0, 0.05) is 47.1 Å². The van der Waals surface area contributed by atoms with Crippen molar-refractivity contribution in [1.29, 1.82) is 0 Å². The molecule has 1 amide bonds. The van der Waals surface area contributed by atoms with Gasteiger partial charge in [0.2, 0.25) is 5.89 Å². The molecule has 4 heterocycles. The van der Waals surface area contributed by atoms with Crippen molar-refractivity contribution in [2.75, 3.05) is 0 Å². The molecular formula is C28H28N8O3. The van der Waals surface area contributed by atoms with Crippen molar-refractivity contribution in [1.82, 2.24) is 39.8 Å². The molecule has 5 rings (SSSR count). The van der Waals surface area contributed by atoms with Crippen molar-refractivity contribution in [3.8, 4) is 22.4 Å². The lowest BCUT2D eigenvalue weighted by atomic mass is 9.97. The summed E-state index contributed by atoms with van der Waals surface area (Å²) < 4.78 is 8.27. The second kappa shape index (κ2) is 10.1. The Bertz CT molecular complexity index is 1720. The van der Waals surface area contributed by atoms with E-state index in [-0.39, 0.29) is 17.1 Å². The average molecular weight is 525 g/mol. The number of nitrogens with one attached hydrogen (secondary N) is 1. The van der Waals surface area contributed by atoms with E-state index >= 15 is 0 Å². The number of fused-ring (bicyclic) bond motifs is 1. The maximum Gasteiger partial charge on any atom is 0.292 e. The normalized spacial score (nSPS) is 11.9. The molecule has 198 valence electrons. The fourth-order valence-electron chi connectivity index (χ4n) is 4.04. The number of allylic oxidation sites excluding steroid dienone is 2. The van der Waals surface area contributed by atoms with Crippen molar-refractivity contribution in [2.45, 2.75) is 46.6 Å². The first-order valence-corrected chi connectivity index (χ1v) is 12.4. The predicted octanol–water partition coefficient (Wildman–Crippen LogP) is 4.40. The van der Waals surface area contributed by atoms with Crippen LogP contribution in [-0.4, -0.2) is 46.3 Å². The lowest BCUT2D eigenvalue weighted by molar-refractivity contribution is 0.0934. The minimum Gasteiger partial charge on any atom is -0.345 e. The van der Waals surface area contributed by atoms with E-state index in [1.165, 1.54) is 17.1 Å². The largest absolute Gasteiger partial charge is 0.345 e. The third-order valence-electron chi connectivity index (χ3n) is 6.18. The fourth-order valence-corrected chi connectivity index (χ4v) is 4.04. The van der Waals surface area contributed by atoms with Crippen LogP contribution in [0.2, 0.25) is 0 Å². The lowest BCUT2D eigenvalue weighted by Crippen LogP contribution is -2.24. The molecule has 39 heavy (non-hydrogen) atoms. The third kappa shape index (κ3) is 5.24. The number of rotatable bonds is 6. The zero-order valence-corrected chi connectivity index (χ0v) is 22.3. The number of carbonyl (C=O) groups excluding carboxylic acids is 2. The van der Waals surface area contributed by atoms with E-state index in [0.717, 1.165) is 39.0 Å². The number of nitrogens with zero attached hydrogens (tertiary/aromatic N) is 7. The van der Waals surface area contributed by atoms with Gasteiger partial charge in [-0.25, -0.2) is 14.2 Å². The van der Waals surface area contributed by atoms with E-state index < -0.39 is 5.91 Å². The van der Waals surface area contributed by atoms with Gasteiger partial charge in [-0.3, -0.25) is 9.59 Å². The molecule has 0 atom stereocenters. The quantitative estimate of drug-likeness (QED) is 0.323. The first-order chi connectivity index (χ1) is 18.6. The summed E-state index contributed by atoms with van der Waals surface area (Å²) in [4.78, 5) is 33.4. The van der Waals surface area contributed by atoms with Gasteiger partial charge in [0.25, 0.3) is 17.6 Å². The number of benzene rings is 1. The second-order valence-corrected chi connectivity index (χ2v) is 10.2. The Hall–Kier alpha value is -4.93. The maximum atomic E-state index is 12.6. The highest BCUT2D eigenvalue weighted by molar-refractivity contribution is 5.90. The van der Waals surface area contributed by atoms with E-state index in [1.807, 2.05) is 58.2 Å². The van der Waals surface area contributed by atoms with Gasteiger partial charge in [0.05, 0.1) is 17.4 Å². The van der Waals surface area contributed by atoms with Gasteiger partial charge in [0.15, 0.2) is 0 Å². The zero-order chi connectivity index (χ0) is 27.7. The van der Waals surface area contributed by atoms with Gasteiger partial charge in [-0.05, 0) is 37.1 Å². The van der Waals surface area contributed by atoms with Crippen molar-refractivity contribution >= 4 is 17.3 Å². The molecule has 1 N–H and O–H groups in total. The molecule has 0 saturated heterocycles. The number of aromatic nitrogens is 7. The van der Waals surface area contributed by atoms with Gasteiger partial charge in [-0.1, -0.05) is 44.1 Å².